The minimum atomic E-state index is 0.363. The largest absolute Gasteiger partial charge is 0.378 e. The molecule has 3 nitrogen and oxygen atoms in total. The molecular formula is C10H16N2OS. The molecular weight excluding hydrogens is 196 g/mol. The van der Waals surface area contributed by atoms with Crippen molar-refractivity contribution in [3.05, 3.63) is 15.6 Å². The third-order valence-corrected chi connectivity index (χ3v) is 3.83. The first kappa shape index (κ1) is 10.1. The van der Waals surface area contributed by atoms with Crippen LogP contribution in [0.2, 0.25) is 0 Å². The van der Waals surface area contributed by atoms with Gasteiger partial charge in [-0.3, -0.25) is 0 Å². The van der Waals surface area contributed by atoms with Gasteiger partial charge in [-0.15, -0.1) is 11.3 Å². The Morgan fingerprint density at radius 2 is 2.50 bits per heavy atom. The summed E-state index contributed by atoms with van der Waals surface area (Å²) in [6.07, 6.45) is 1.03. The van der Waals surface area contributed by atoms with Crippen LogP contribution in [0.1, 0.15) is 28.5 Å². The SMILES string of the molecule is CCc1nc(C)c(C2COCCN2)s1. The topological polar surface area (TPSA) is 34.1 Å². The molecule has 1 N–H and O–H groups in total. The number of aromatic nitrogens is 1. The summed E-state index contributed by atoms with van der Waals surface area (Å²) in [5, 5.41) is 4.69. The van der Waals surface area contributed by atoms with Crippen LogP contribution in [0, 0.1) is 6.92 Å². The number of morpholine rings is 1. The molecule has 1 aromatic rings. The van der Waals surface area contributed by atoms with E-state index in [0.717, 1.165) is 31.9 Å². The van der Waals surface area contributed by atoms with Crippen LogP contribution >= 0.6 is 11.3 Å². The molecule has 4 heteroatoms. The number of hydrogen-bond acceptors (Lipinski definition) is 4. The molecule has 1 saturated heterocycles. The molecule has 1 aliphatic rings. The third kappa shape index (κ3) is 1.97. The normalized spacial score (nSPS) is 22.6. The molecule has 14 heavy (non-hydrogen) atoms. The van der Waals surface area contributed by atoms with E-state index < -0.39 is 0 Å². The molecule has 0 aliphatic carbocycles. The van der Waals surface area contributed by atoms with Crippen LogP contribution in [-0.2, 0) is 11.2 Å². The Labute approximate surface area is 88.5 Å². The molecule has 1 fully saturated rings. The fourth-order valence-corrected chi connectivity index (χ4v) is 2.74. The van der Waals surface area contributed by atoms with E-state index in [1.54, 1.807) is 0 Å². The van der Waals surface area contributed by atoms with Crippen LogP contribution in [0.3, 0.4) is 0 Å². The van der Waals surface area contributed by atoms with Crippen molar-refractivity contribution in [3.63, 3.8) is 0 Å². The summed E-state index contributed by atoms with van der Waals surface area (Å²) in [7, 11) is 0. The van der Waals surface area contributed by atoms with Gasteiger partial charge in [-0.1, -0.05) is 6.92 Å². The van der Waals surface area contributed by atoms with Gasteiger partial charge in [0, 0.05) is 11.4 Å². The summed E-state index contributed by atoms with van der Waals surface area (Å²) < 4.78 is 5.45. The Balaban J connectivity index is 2.17. The molecule has 1 atom stereocenters. The van der Waals surface area contributed by atoms with Gasteiger partial charge in [0.25, 0.3) is 0 Å². The van der Waals surface area contributed by atoms with E-state index in [2.05, 4.69) is 24.1 Å². The standard InChI is InChI=1S/C10H16N2OS/c1-3-9-12-7(2)10(14-9)8-6-13-5-4-11-8/h8,11H,3-6H2,1-2H3. The highest BCUT2D eigenvalue weighted by Crippen LogP contribution is 2.26. The van der Waals surface area contributed by atoms with E-state index in [-0.39, 0.29) is 0 Å². The van der Waals surface area contributed by atoms with Crippen molar-refractivity contribution in [1.82, 2.24) is 10.3 Å². The lowest BCUT2D eigenvalue weighted by Gasteiger charge is -2.22. The summed E-state index contributed by atoms with van der Waals surface area (Å²) in [6.45, 7) is 6.79. The number of aryl methyl sites for hydroxylation is 2. The number of ether oxygens (including phenoxy) is 1. The van der Waals surface area contributed by atoms with Gasteiger partial charge in [-0.2, -0.15) is 0 Å². The Morgan fingerprint density at radius 3 is 3.07 bits per heavy atom. The van der Waals surface area contributed by atoms with Crippen molar-refractivity contribution in [3.8, 4) is 0 Å². The highest BCUT2D eigenvalue weighted by atomic mass is 32.1. The summed E-state index contributed by atoms with van der Waals surface area (Å²) in [5.74, 6) is 0. The second-order valence-electron chi connectivity index (χ2n) is 3.49. The molecule has 1 unspecified atom stereocenters. The summed E-state index contributed by atoms with van der Waals surface area (Å²) in [6, 6.07) is 0.363. The van der Waals surface area contributed by atoms with Gasteiger partial charge >= 0.3 is 0 Å². The number of thiazole rings is 1. The van der Waals surface area contributed by atoms with Gasteiger partial charge in [0.15, 0.2) is 0 Å². The molecule has 2 heterocycles. The van der Waals surface area contributed by atoms with Crippen LogP contribution in [-0.4, -0.2) is 24.7 Å². The lowest BCUT2D eigenvalue weighted by molar-refractivity contribution is 0.0777. The fourth-order valence-electron chi connectivity index (χ4n) is 1.67. The van der Waals surface area contributed by atoms with Crippen molar-refractivity contribution >= 4 is 11.3 Å². The maximum absolute atomic E-state index is 5.45. The highest BCUT2D eigenvalue weighted by molar-refractivity contribution is 7.11. The molecule has 1 aliphatic heterocycles. The third-order valence-electron chi connectivity index (χ3n) is 2.42. The Kier molecular flexibility index (Phi) is 3.15. The lowest BCUT2D eigenvalue weighted by atomic mass is 10.2. The molecule has 1 aromatic heterocycles. The molecule has 78 valence electrons. The van der Waals surface area contributed by atoms with Crippen molar-refractivity contribution in [2.45, 2.75) is 26.3 Å². The zero-order valence-electron chi connectivity index (χ0n) is 8.67. The van der Waals surface area contributed by atoms with Crippen LogP contribution in [0.4, 0.5) is 0 Å². The van der Waals surface area contributed by atoms with Crippen molar-refractivity contribution in [2.75, 3.05) is 19.8 Å². The van der Waals surface area contributed by atoms with Crippen molar-refractivity contribution in [2.24, 2.45) is 0 Å². The minimum Gasteiger partial charge on any atom is -0.378 e. The molecule has 0 amide bonds. The molecule has 2 rings (SSSR count). The van der Waals surface area contributed by atoms with E-state index in [0.29, 0.717) is 6.04 Å². The summed E-state index contributed by atoms with van der Waals surface area (Å²) in [5.41, 5.74) is 1.16. The van der Waals surface area contributed by atoms with Crippen LogP contribution in [0.5, 0.6) is 0 Å². The molecule has 0 bridgehead atoms. The van der Waals surface area contributed by atoms with Gasteiger partial charge in [-0.25, -0.2) is 4.98 Å². The zero-order valence-corrected chi connectivity index (χ0v) is 9.49. The van der Waals surface area contributed by atoms with E-state index in [1.807, 2.05) is 11.3 Å². The zero-order chi connectivity index (χ0) is 9.97. The second kappa shape index (κ2) is 4.38. The van der Waals surface area contributed by atoms with Gasteiger partial charge in [0.2, 0.25) is 0 Å². The highest BCUT2D eigenvalue weighted by Gasteiger charge is 2.20. The number of hydrogen-bond donors (Lipinski definition) is 1. The Morgan fingerprint density at radius 1 is 1.64 bits per heavy atom. The average molecular weight is 212 g/mol. The maximum atomic E-state index is 5.45. The second-order valence-corrected chi connectivity index (χ2v) is 4.61. The van der Waals surface area contributed by atoms with E-state index >= 15 is 0 Å². The monoisotopic (exact) mass is 212 g/mol. The molecule has 0 radical (unpaired) electrons. The molecule has 0 aromatic carbocycles. The fraction of sp³-hybridized carbons (Fsp3) is 0.700. The minimum absolute atomic E-state index is 0.363. The van der Waals surface area contributed by atoms with E-state index in [9.17, 15) is 0 Å². The predicted octanol–water partition coefficient (Wildman–Crippen LogP) is 1.67. The number of rotatable bonds is 2. The maximum Gasteiger partial charge on any atom is 0.0928 e. The average Bonchev–Trinajstić information content (AvgIpc) is 2.61. The number of nitrogens with zero attached hydrogens (tertiary/aromatic N) is 1. The van der Waals surface area contributed by atoms with Gasteiger partial charge in [-0.05, 0) is 13.3 Å². The van der Waals surface area contributed by atoms with Gasteiger partial charge < -0.3 is 10.1 Å². The summed E-state index contributed by atoms with van der Waals surface area (Å²) in [4.78, 5) is 5.88. The van der Waals surface area contributed by atoms with Crippen LogP contribution in [0.15, 0.2) is 0 Å². The smallest absolute Gasteiger partial charge is 0.0928 e. The van der Waals surface area contributed by atoms with Crippen LogP contribution < -0.4 is 5.32 Å². The lowest BCUT2D eigenvalue weighted by Crippen LogP contribution is -2.34. The van der Waals surface area contributed by atoms with Crippen molar-refractivity contribution < 1.29 is 4.74 Å². The van der Waals surface area contributed by atoms with E-state index in [1.165, 1.54) is 9.88 Å². The number of nitrogens with one attached hydrogen (secondary N) is 1. The first-order valence-electron chi connectivity index (χ1n) is 5.08. The first-order valence-corrected chi connectivity index (χ1v) is 5.90. The van der Waals surface area contributed by atoms with E-state index in [4.69, 9.17) is 4.74 Å². The molecule has 0 spiro atoms. The first-order chi connectivity index (χ1) is 6.81. The van der Waals surface area contributed by atoms with Crippen LogP contribution in [0.25, 0.3) is 0 Å². The Bertz CT molecular complexity index is 305. The van der Waals surface area contributed by atoms with Gasteiger partial charge in [0.1, 0.15) is 0 Å². The summed E-state index contributed by atoms with van der Waals surface area (Å²) >= 11 is 1.81. The quantitative estimate of drug-likeness (QED) is 0.810. The predicted molar refractivity (Wildman–Crippen MR) is 57.8 cm³/mol. The Hall–Kier alpha value is -0.450. The van der Waals surface area contributed by atoms with Crippen molar-refractivity contribution in [1.29, 1.82) is 0 Å². The molecule has 0 saturated carbocycles. The van der Waals surface area contributed by atoms with Gasteiger partial charge in [0.05, 0.1) is 30.0 Å².